The minimum absolute atomic E-state index is 0.0814. The second kappa shape index (κ2) is 7.97. The molecule has 5 heteroatoms. The molecule has 0 aliphatic heterocycles. The van der Waals surface area contributed by atoms with Crippen molar-refractivity contribution in [1.82, 2.24) is 0 Å². The summed E-state index contributed by atoms with van der Waals surface area (Å²) in [5.41, 5.74) is 1.31. The molecular formula is C15H16O5. The van der Waals surface area contributed by atoms with Crippen LogP contribution in [0.5, 0.6) is 5.75 Å². The van der Waals surface area contributed by atoms with E-state index in [4.69, 9.17) is 14.2 Å². The molecule has 0 fully saturated rings. The Bertz CT molecular complexity index is 551. The maximum atomic E-state index is 10.9. The molecule has 0 aliphatic carbocycles. The smallest absolute Gasteiger partial charge is 0.302 e. The summed E-state index contributed by atoms with van der Waals surface area (Å²) in [4.78, 5) is 21.7. The van der Waals surface area contributed by atoms with Crippen molar-refractivity contribution in [2.45, 2.75) is 20.5 Å². The predicted molar refractivity (Wildman–Crippen MR) is 72.0 cm³/mol. The number of methoxy groups -OCH3 is 1. The van der Waals surface area contributed by atoms with Gasteiger partial charge < -0.3 is 14.2 Å². The molecule has 106 valence electrons. The molecule has 0 N–H and O–H groups in total. The molecule has 0 unspecified atom stereocenters. The first-order valence-electron chi connectivity index (χ1n) is 5.93. The number of ether oxygens (including phenoxy) is 3. The van der Waals surface area contributed by atoms with Crippen molar-refractivity contribution < 1.29 is 23.8 Å². The van der Waals surface area contributed by atoms with E-state index in [0.29, 0.717) is 11.3 Å². The van der Waals surface area contributed by atoms with Crippen LogP contribution < -0.4 is 4.74 Å². The molecule has 1 aromatic carbocycles. The van der Waals surface area contributed by atoms with Gasteiger partial charge in [0.1, 0.15) is 12.4 Å². The standard InChI is InChI=1S/C15H16O5/c1-11(16)4-6-14-8-13(9-19-12(2)17)5-7-15(14)20-10-18-3/h5,7-8H,9-10H2,1-3H3. The number of hydrogen-bond donors (Lipinski definition) is 0. The summed E-state index contributed by atoms with van der Waals surface area (Å²) in [5, 5.41) is 0. The molecule has 0 spiro atoms. The molecule has 0 aromatic heterocycles. The van der Waals surface area contributed by atoms with Gasteiger partial charge in [-0.25, -0.2) is 0 Å². The Morgan fingerprint density at radius 3 is 2.60 bits per heavy atom. The molecule has 0 amide bonds. The van der Waals surface area contributed by atoms with E-state index in [1.165, 1.54) is 21.0 Å². The van der Waals surface area contributed by atoms with E-state index in [1.54, 1.807) is 18.2 Å². The first kappa shape index (κ1) is 15.7. The average molecular weight is 276 g/mol. The number of rotatable bonds is 5. The van der Waals surface area contributed by atoms with Crippen LogP contribution in [0.2, 0.25) is 0 Å². The summed E-state index contributed by atoms with van der Waals surface area (Å²) in [6.45, 7) is 2.95. The molecule has 0 radical (unpaired) electrons. The Hall–Kier alpha value is -2.32. The molecule has 1 rings (SSSR count). The summed E-state index contributed by atoms with van der Waals surface area (Å²) < 4.78 is 15.1. The zero-order valence-electron chi connectivity index (χ0n) is 11.7. The highest BCUT2D eigenvalue weighted by molar-refractivity contribution is 5.94. The van der Waals surface area contributed by atoms with Crippen molar-refractivity contribution in [3.8, 4) is 17.6 Å². The summed E-state index contributed by atoms with van der Waals surface area (Å²) >= 11 is 0. The van der Waals surface area contributed by atoms with E-state index in [0.717, 1.165) is 5.56 Å². The van der Waals surface area contributed by atoms with Crippen LogP contribution in [-0.2, 0) is 25.7 Å². The number of carbonyl (C=O) groups is 2. The van der Waals surface area contributed by atoms with Gasteiger partial charge in [-0.05, 0) is 23.6 Å². The number of hydrogen-bond acceptors (Lipinski definition) is 5. The first-order chi connectivity index (χ1) is 9.52. The molecule has 0 aliphatic rings. The fourth-order valence-corrected chi connectivity index (χ4v) is 1.35. The Morgan fingerprint density at radius 1 is 1.25 bits per heavy atom. The van der Waals surface area contributed by atoms with Gasteiger partial charge in [0, 0.05) is 21.0 Å². The monoisotopic (exact) mass is 276 g/mol. The van der Waals surface area contributed by atoms with Gasteiger partial charge in [-0.15, -0.1) is 0 Å². The van der Waals surface area contributed by atoms with Gasteiger partial charge in [-0.2, -0.15) is 0 Å². The third-order valence-corrected chi connectivity index (χ3v) is 2.19. The zero-order chi connectivity index (χ0) is 15.0. The van der Waals surface area contributed by atoms with Crippen LogP contribution in [0.3, 0.4) is 0 Å². The van der Waals surface area contributed by atoms with Gasteiger partial charge in [0.15, 0.2) is 6.79 Å². The SMILES string of the molecule is COCOc1ccc(COC(C)=O)cc1C#CC(C)=O. The third kappa shape index (κ3) is 5.55. The van der Waals surface area contributed by atoms with Crippen LogP contribution in [0.4, 0.5) is 0 Å². The van der Waals surface area contributed by atoms with Gasteiger partial charge in [0.2, 0.25) is 5.78 Å². The second-order valence-corrected chi connectivity index (χ2v) is 3.97. The number of carbonyl (C=O) groups excluding carboxylic acids is 2. The average Bonchev–Trinajstić information content (AvgIpc) is 2.41. The van der Waals surface area contributed by atoms with E-state index >= 15 is 0 Å². The lowest BCUT2D eigenvalue weighted by Crippen LogP contribution is -2.03. The van der Waals surface area contributed by atoms with Crippen LogP contribution in [0.15, 0.2) is 18.2 Å². The third-order valence-electron chi connectivity index (χ3n) is 2.19. The van der Waals surface area contributed by atoms with E-state index in [9.17, 15) is 9.59 Å². The minimum atomic E-state index is -0.360. The lowest BCUT2D eigenvalue weighted by atomic mass is 10.1. The van der Waals surface area contributed by atoms with Crippen molar-refractivity contribution in [3.05, 3.63) is 29.3 Å². The fourth-order valence-electron chi connectivity index (χ4n) is 1.35. The van der Waals surface area contributed by atoms with E-state index < -0.39 is 0 Å². The first-order valence-corrected chi connectivity index (χ1v) is 5.93. The Balaban J connectivity index is 2.98. The highest BCUT2D eigenvalue weighted by Crippen LogP contribution is 2.20. The Labute approximate surface area is 117 Å². The fraction of sp³-hybridized carbons (Fsp3) is 0.333. The van der Waals surface area contributed by atoms with Crippen molar-refractivity contribution in [3.63, 3.8) is 0 Å². The predicted octanol–water partition coefficient (Wildman–Crippen LogP) is 1.67. The van der Waals surface area contributed by atoms with Gasteiger partial charge >= 0.3 is 5.97 Å². The van der Waals surface area contributed by atoms with Crippen molar-refractivity contribution >= 4 is 11.8 Å². The Morgan fingerprint density at radius 2 is 2.00 bits per heavy atom. The number of Topliss-reactive ketones (excluding diaryl/α,β-unsaturated/α-hetero) is 1. The Kier molecular flexibility index (Phi) is 6.27. The minimum Gasteiger partial charge on any atom is -0.466 e. The highest BCUT2D eigenvalue weighted by atomic mass is 16.7. The van der Waals surface area contributed by atoms with Crippen molar-refractivity contribution in [2.24, 2.45) is 0 Å². The molecule has 1 aromatic rings. The van der Waals surface area contributed by atoms with Crippen LogP contribution in [0.1, 0.15) is 25.0 Å². The van der Waals surface area contributed by atoms with E-state index in [-0.39, 0.29) is 25.2 Å². The van der Waals surface area contributed by atoms with Crippen molar-refractivity contribution in [2.75, 3.05) is 13.9 Å². The maximum absolute atomic E-state index is 10.9. The highest BCUT2D eigenvalue weighted by Gasteiger charge is 2.05. The summed E-state index contributed by atoms with van der Waals surface area (Å²) in [6.07, 6.45) is 0. The quantitative estimate of drug-likeness (QED) is 0.465. The molecule has 5 nitrogen and oxygen atoms in total. The number of ketones is 1. The van der Waals surface area contributed by atoms with Crippen LogP contribution >= 0.6 is 0 Å². The second-order valence-electron chi connectivity index (χ2n) is 3.97. The summed E-state index contributed by atoms with van der Waals surface area (Å²) in [7, 11) is 1.51. The number of esters is 1. The van der Waals surface area contributed by atoms with Gasteiger partial charge in [0.25, 0.3) is 0 Å². The molecular weight excluding hydrogens is 260 g/mol. The normalized spacial score (nSPS) is 9.35. The maximum Gasteiger partial charge on any atom is 0.302 e. The summed E-state index contributed by atoms with van der Waals surface area (Å²) in [5.74, 6) is 5.09. The van der Waals surface area contributed by atoms with Gasteiger partial charge in [0.05, 0.1) is 5.56 Å². The van der Waals surface area contributed by atoms with Crippen LogP contribution in [-0.4, -0.2) is 25.7 Å². The molecule has 0 atom stereocenters. The molecule has 0 bridgehead atoms. The number of benzene rings is 1. The molecule has 0 heterocycles. The van der Waals surface area contributed by atoms with E-state index in [1.807, 2.05) is 0 Å². The lowest BCUT2D eigenvalue weighted by Gasteiger charge is -2.09. The van der Waals surface area contributed by atoms with Gasteiger partial charge in [-0.3, -0.25) is 9.59 Å². The van der Waals surface area contributed by atoms with Crippen LogP contribution in [0, 0.1) is 11.8 Å². The van der Waals surface area contributed by atoms with E-state index in [2.05, 4.69) is 11.8 Å². The molecule has 0 saturated carbocycles. The van der Waals surface area contributed by atoms with Crippen LogP contribution in [0.25, 0.3) is 0 Å². The summed E-state index contributed by atoms with van der Waals surface area (Å²) in [6, 6.07) is 5.17. The largest absolute Gasteiger partial charge is 0.466 e. The molecule has 20 heavy (non-hydrogen) atoms. The zero-order valence-corrected chi connectivity index (χ0v) is 11.7. The molecule has 0 saturated heterocycles. The topological polar surface area (TPSA) is 61.8 Å². The van der Waals surface area contributed by atoms with Crippen molar-refractivity contribution in [1.29, 1.82) is 0 Å². The lowest BCUT2D eigenvalue weighted by molar-refractivity contribution is -0.142. The van der Waals surface area contributed by atoms with Gasteiger partial charge in [-0.1, -0.05) is 12.0 Å².